The second-order valence-electron chi connectivity index (χ2n) is 6.91. The number of nitrogens with zero attached hydrogens (tertiary/aromatic N) is 2. The van der Waals surface area contributed by atoms with E-state index in [1.165, 1.54) is 12.8 Å². The Morgan fingerprint density at radius 1 is 1.29 bits per heavy atom. The molecular formula is C19H23N3O2. The lowest BCUT2D eigenvalue weighted by Crippen LogP contribution is -2.17. The number of ether oxygens (including phenoxy) is 1. The van der Waals surface area contributed by atoms with Gasteiger partial charge in [0.15, 0.2) is 0 Å². The van der Waals surface area contributed by atoms with Crippen LogP contribution in [0.3, 0.4) is 0 Å². The molecule has 0 unspecified atom stereocenters. The normalized spacial score (nSPS) is 23.2. The number of rotatable bonds is 5. The molecule has 4 rings (SSSR count). The highest BCUT2D eigenvalue weighted by molar-refractivity contribution is 5.96. The zero-order chi connectivity index (χ0) is 16.5. The summed E-state index contributed by atoms with van der Waals surface area (Å²) in [7, 11) is 1.90. The number of aryl methyl sites for hydroxylation is 1. The van der Waals surface area contributed by atoms with Crippen LogP contribution in [-0.4, -0.2) is 21.8 Å². The summed E-state index contributed by atoms with van der Waals surface area (Å²) < 4.78 is 7.88. The van der Waals surface area contributed by atoms with Gasteiger partial charge in [-0.25, -0.2) is 0 Å². The first-order valence-electron chi connectivity index (χ1n) is 8.76. The number of amides is 1. The largest absolute Gasteiger partial charge is 0.488 e. The van der Waals surface area contributed by atoms with Crippen molar-refractivity contribution in [2.45, 2.75) is 44.1 Å². The van der Waals surface area contributed by atoms with E-state index in [1.807, 2.05) is 43.7 Å². The van der Waals surface area contributed by atoms with E-state index in [0.29, 0.717) is 5.92 Å². The van der Waals surface area contributed by atoms with Gasteiger partial charge in [0.05, 0.1) is 18.0 Å². The Balaban J connectivity index is 1.41. The molecule has 0 saturated heterocycles. The first kappa shape index (κ1) is 15.2. The molecule has 0 bridgehead atoms. The van der Waals surface area contributed by atoms with Crippen LogP contribution in [0.2, 0.25) is 0 Å². The lowest BCUT2D eigenvalue weighted by Gasteiger charge is -2.16. The highest BCUT2D eigenvalue weighted by atomic mass is 16.5. The molecule has 2 aromatic rings. The van der Waals surface area contributed by atoms with Crippen molar-refractivity contribution >= 4 is 11.6 Å². The zero-order valence-corrected chi connectivity index (χ0v) is 13.9. The molecule has 0 radical (unpaired) electrons. The topological polar surface area (TPSA) is 56.2 Å². The summed E-state index contributed by atoms with van der Waals surface area (Å²) in [6.07, 6.45) is 9.70. The van der Waals surface area contributed by atoms with Crippen LogP contribution in [0.4, 0.5) is 5.69 Å². The van der Waals surface area contributed by atoms with E-state index >= 15 is 0 Å². The molecule has 2 aliphatic carbocycles. The fraction of sp³-hybridized carbons (Fsp3) is 0.474. The molecule has 126 valence electrons. The monoisotopic (exact) mass is 325 g/mol. The van der Waals surface area contributed by atoms with Gasteiger partial charge in [-0.15, -0.1) is 0 Å². The molecule has 1 heterocycles. The van der Waals surface area contributed by atoms with Crippen molar-refractivity contribution in [3.05, 3.63) is 42.2 Å². The fourth-order valence-electron chi connectivity index (χ4n) is 3.57. The van der Waals surface area contributed by atoms with E-state index in [0.717, 1.165) is 36.3 Å². The third-order valence-corrected chi connectivity index (χ3v) is 5.02. The van der Waals surface area contributed by atoms with Crippen LogP contribution in [0.25, 0.3) is 0 Å². The van der Waals surface area contributed by atoms with Gasteiger partial charge in [0.2, 0.25) is 5.91 Å². The molecule has 2 saturated carbocycles. The predicted octanol–water partition coefficient (Wildman–Crippen LogP) is 3.48. The molecule has 24 heavy (non-hydrogen) atoms. The minimum absolute atomic E-state index is 0.0359. The van der Waals surface area contributed by atoms with Gasteiger partial charge in [0.25, 0.3) is 0 Å². The van der Waals surface area contributed by atoms with Crippen LogP contribution in [0, 0.1) is 5.92 Å². The summed E-state index contributed by atoms with van der Waals surface area (Å²) in [5.74, 6) is 1.19. The van der Waals surface area contributed by atoms with Crippen molar-refractivity contribution in [2.24, 2.45) is 13.0 Å². The van der Waals surface area contributed by atoms with Gasteiger partial charge in [-0.05, 0) is 55.7 Å². The van der Waals surface area contributed by atoms with E-state index in [-0.39, 0.29) is 17.9 Å². The number of carbonyl (C=O) groups excluding carboxylic acids is 1. The van der Waals surface area contributed by atoms with Gasteiger partial charge in [0, 0.05) is 19.2 Å². The van der Waals surface area contributed by atoms with Gasteiger partial charge >= 0.3 is 0 Å². The minimum atomic E-state index is 0.0359. The first-order valence-corrected chi connectivity index (χ1v) is 8.76. The smallest absolute Gasteiger partial charge is 0.228 e. The number of para-hydroxylation sites is 2. The summed E-state index contributed by atoms with van der Waals surface area (Å²) in [4.78, 5) is 12.6. The number of carbonyl (C=O) groups is 1. The lowest BCUT2D eigenvalue weighted by atomic mass is 10.2. The molecule has 2 fully saturated rings. The van der Waals surface area contributed by atoms with Gasteiger partial charge in [-0.1, -0.05) is 12.1 Å². The van der Waals surface area contributed by atoms with Crippen LogP contribution in [0.15, 0.2) is 36.7 Å². The van der Waals surface area contributed by atoms with Crippen molar-refractivity contribution in [3.63, 3.8) is 0 Å². The Bertz CT molecular complexity index is 734. The number of hydrogen-bond acceptors (Lipinski definition) is 3. The maximum atomic E-state index is 12.6. The maximum absolute atomic E-state index is 12.6. The number of aromatic nitrogens is 2. The average molecular weight is 325 g/mol. The Morgan fingerprint density at radius 3 is 2.83 bits per heavy atom. The third-order valence-electron chi connectivity index (χ3n) is 5.02. The molecule has 2 atom stereocenters. The van der Waals surface area contributed by atoms with Crippen molar-refractivity contribution in [3.8, 4) is 5.75 Å². The Labute approximate surface area is 142 Å². The molecule has 1 N–H and O–H groups in total. The maximum Gasteiger partial charge on any atom is 0.228 e. The molecule has 5 heteroatoms. The summed E-state index contributed by atoms with van der Waals surface area (Å²) in [5, 5.41) is 7.25. The molecule has 2 aliphatic rings. The molecule has 1 amide bonds. The minimum Gasteiger partial charge on any atom is -0.488 e. The molecule has 1 aromatic carbocycles. The zero-order valence-electron chi connectivity index (χ0n) is 13.9. The SMILES string of the molecule is Cn1cc([C@H]2C[C@H]2C(=O)Nc2ccccc2OC2CCCC2)cn1. The van der Waals surface area contributed by atoms with E-state index in [4.69, 9.17) is 4.74 Å². The highest BCUT2D eigenvalue weighted by Crippen LogP contribution is 2.48. The number of benzene rings is 1. The fourth-order valence-corrected chi connectivity index (χ4v) is 3.57. The van der Waals surface area contributed by atoms with Gasteiger partial charge in [0.1, 0.15) is 5.75 Å². The van der Waals surface area contributed by atoms with Crippen molar-refractivity contribution in [2.75, 3.05) is 5.32 Å². The molecule has 5 nitrogen and oxygen atoms in total. The number of nitrogens with one attached hydrogen (secondary N) is 1. The van der Waals surface area contributed by atoms with Crippen LogP contribution in [-0.2, 0) is 11.8 Å². The summed E-state index contributed by atoms with van der Waals surface area (Å²) in [6.45, 7) is 0. The van der Waals surface area contributed by atoms with Crippen LogP contribution < -0.4 is 10.1 Å². The highest BCUT2D eigenvalue weighted by Gasteiger charge is 2.44. The number of hydrogen-bond donors (Lipinski definition) is 1. The molecule has 1 aromatic heterocycles. The average Bonchev–Trinajstić information content (AvgIpc) is 2.98. The van der Waals surface area contributed by atoms with Crippen molar-refractivity contribution in [1.29, 1.82) is 0 Å². The van der Waals surface area contributed by atoms with E-state index < -0.39 is 0 Å². The molecular weight excluding hydrogens is 302 g/mol. The second kappa shape index (κ2) is 6.30. The van der Waals surface area contributed by atoms with Crippen LogP contribution in [0.5, 0.6) is 5.75 Å². The second-order valence-corrected chi connectivity index (χ2v) is 6.91. The van der Waals surface area contributed by atoms with E-state index in [9.17, 15) is 4.79 Å². The molecule has 0 aliphatic heterocycles. The molecule has 0 spiro atoms. The van der Waals surface area contributed by atoms with Crippen LogP contribution >= 0.6 is 0 Å². The first-order chi connectivity index (χ1) is 11.7. The lowest BCUT2D eigenvalue weighted by molar-refractivity contribution is -0.117. The summed E-state index contributed by atoms with van der Waals surface area (Å²) >= 11 is 0. The van der Waals surface area contributed by atoms with Gasteiger partial charge < -0.3 is 10.1 Å². The predicted molar refractivity (Wildman–Crippen MR) is 92.0 cm³/mol. The van der Waals surface area contributed by atoms with E-state index in [2.05, 4.69) is 10.4 Å². The summed E-state index contributed by atoms with van der Waals surface area (Å²) in [6, 6.07) is 7.75. The quantitative estimate of drug-likeness (QED) is 0.915. The summed E-state index contributed by atoms with van der Waals surface area (Å²) in [5.41, 5.74) is 1.93. The van der Waals surface area contributed by atoms with Gasteiger partial charge in [-0.3, -0.25) is 9.48 Å². The third kappa shape index (κ3) is 3.16. The standard InChI is InChI=1S/C19H23N3O2/c1-22-12-13(11-20-22)15-10-16(15)19(23)21-17-8-4-5-9-18(17)24-14-6-2-3-7-14/h4-5,8-9,11-12,14-16H,2-3,6-7,10H2,1H3,(H,21,23)/t15-,16-/m1/s1. The Kier molecular flexibility index (Phi) is 4.00. The van der Waals surface area contributed by atoms with Crippen molar-refractivity contribution in [1.82, 2.24) is 9.78 Å². The van der Waals surface area contributed by atoms with E-state index in [1.54, 1.807) is 4.68 Å². The van der Waals surface area contributed by atoms with Crippen LogP contribution in [0.1, 0.15) is 43.6 Å². The number of anilines is 1. The van der Waals surface area contributed by atoms with Crippen molar-refractivity contribution < 1.29 is 9.53 Å². The Morgan fingerprint density at radius 2 is 2.08 bits per heavy atom. The van der Waals surface area contributed by atoms with Gasteiger partial charge in [-0.2, -0.15) is 5.10 Å². The Hall–Kier alpha value is -2.30.